The zero-order chi connectivity index (χ0) is 30.8. The fourth-order valence-electron chi connectivity index (χ4n) is 7.88. The van der Waals surface area contributed by atoms with Gasteiger partial charge in [0, 0.05) is 33.0 Å². The van der Waals surface area contributed by atoms with Gasteiger partial charge in [-0.1, -0.05) is 60.7 Å². The number of carbonyl (C=O) groups excluding carboxylic acids is 4. The van der Waals surface area contributed by atoms with E-state index >= 15 is 0 Å². The Bertz CT molecular complexity index is 2230. The molecule has 216 valence electrons. The van der Waals surface area contributed by atoms with Crippen molar-refractivity contribution in [2.45, 2.75) is 12.8 Å². The van der Waals surface area contributed by atoms with E-state index in [1.807, 2.05) is 60.7 Å². The maximum absolute atomic E-state index is 14.0. The molecule has 0 aromatic heterocycles. The number of hydrogen-bond acceptors (Lipinski definition) is 4. The fraction of sp³-hybridized carbons (Fsp3) is 0.0500. The van der Waals surface area contributed by atoms with E-state index < -0.39 is 23.6 Å². The van der Waals surface area contributed by atoms with Crippen LogP contribution in [0, 0.1) is 0 Å². The summed E-state index contributed by atoms with van der Waals surface area (Å²) in [6.07, 6.45) is 1.46. The molecule has 0 spiro atoms. The van der Waals surface area contributed by atoms with Crippen molar-refractivity contribution < 1.29 is 19.2 Å². The number of fused-ring (bicyclic) bond motifs is 6. The van der Waals surface area contributed by atoms with E-state index in [2.05, 4.69) is 24.3 Å². The molecular weight excluding hydrogens is 572 g/mol. The second-order valence-electron chi connectivity index (χ2n) is 12.3. The molecule has 6 heteroatoms. The van der Waals surface area contributed by atoms with Crippen molar-refractivity contribution in [1.29, 1.82) is 0 Å². The lowest BCUT2D eigenvalue weighted by Crippen LogP contribution is -2.43. The van der Waals surface area contributed by atoms with Gasteiger partial charge in [0.15, 0.2) is 0 Å². The normalized spacial score (nSPS) is 15.3. The summed E-state index contributed by atoms with van der Waals surface area (Å²) in [5, 5.41) is 0.723. The highest BCUT2D eigenvalue weighted by atomic mass is 16.2. The molecule has 0 atom stereocenters. The minimum absolute atomic E-state index is 0.295. The van der Waals surface area contributed by atoms with Crippen LogP contribution in [0.5, 0.6) is 0 Å². The van der Waals surface area contributed by atoms with Crippen molar-refractivity contribution in [2.24, 2.45) is 0 Å². The van der Waals surface area contributed by atoms with Crippen molar-refractivity contribution >= 4 is 45.8 Å². The number of imide groups is 2. The van der Waals surface area contributed by atoms with Gasteiger partial charge < -0.3 is 0 Å². The molecule has 0 fully saturated rings. The van der Waals surface area contributed by atoms with Crippen molar-refractivity contribution in [3.8, 4) is 22.3 Å². The summed E-state index contributed by atoms with van der Waals surface area (Å²) in [5.74, 6) is -1.90. The number of hydrogen-bond donors (Lipinski definition) is 0. The summed E-state index contributed by atoms with van der Waals surface area (Å²) in [6, 6.07) is 34.2. The van der Waals surface area contributed by atoms with Crippen LogP contribution in [0.2, 0.25) is 0 Å². The van der Waals surface area contributed by atoms with Gasteiger partial charge in [-0.3, -0.25) is 19.2 Å². The molecule has 46 heavy (non-hydrogen) atoms. The Morgan fingerprint density at radius 2 is 0.674 bits per heavy atom. The second-order valence-corrected chi connectivity index (χ2v) is 12.3. The summed E-state index contributed by atoms with van der Waals surface area (Å²) >= 11 is 0. The minimum atomic E-state index is -0.475. The SMILES string of the molecule is O=C1c2ccc3c4c(ccc(c24)C(=O)N1c1ccc2c(c1)Cc1ccccc1-2)C(=O)N(c1ccc2c(c1)Cc1ccccc1-2)C3=O. The van der Waals surface area contributed by atoms with Crippen molar-refractivity contribution in [3.63, 3.8) is 0 Å². The Labute approximate surface area is 263 Å². The van der Waals surface area contributed by atoms with Crippen molar-refractivity contribution in [2.75, 3.05) is 9.80 Å². The highest BCUT2D eigenvalue weighted by Crippen LogP contribution is 2.44. The highest BCUT2D eigenvalue weighted by Gasteiger charge is 2.41. The molecule has 6 aromatic rings. The van der Waals surface area contributed by atoms with E-state index in [-0.39, 0.29) is 0 Å². The predicted octanol–water partition coefficient (Wildman–Crippen LogP) is 7.58. The molecular formula is C40H22N2O4. The zero-order valence-corrected chi connectivity index (χ0v) is 24.3. The van der Waals surface area contributed by atoms with Crippen LogP contribution in [0.15, 0.2) is 109 Å². The monoisotopic (exact) mass is 594 g/mol. The largest absolute Gasteiger partial charge is 0.268 e. The lowest BCUT2D eigenvalue weighted by molar-refractivity contribution is 0.0873. The molecule has 2 aliphatic heterocycles. The number of anilines is 2. The Kier molecular flexibility index (Phi) is 4.79. The fourth-order valence-corrected chi connectivity index (χ4v) is 7.88. The number of benzene rings is 6. The zero-order valence-electron chi connectivity index (χ0n) is 24.3. The van der Waals surface area contributed by atoms with E-state index in [9.17, 15) is 19.2 Å². The molecule has 0 saturated carbocycles. The molecule has 4 aliphatic rings. The highest BCUT2D eigenvalue weighted by molar-refractivity contribution is 6.42. The topological polar surface area (TPSA) is 74.8 Å². The standard InChI is InChI=1S/C40H22N2O4/c43-37-31-13-15-33-36-34(40(46)42(39(33)45)26-10-12-30-24(20-26)18-22-6-2-4-8-28(22)30)16-14-32(35(31)36)38(44)41(37)25-9-11-29-23(19-25)17-21-5-1-3-7-27(21)29/h1-16,19-20H,17-18H2. The van der Waals surface area contributed by atoms with Gasteiger partial charge in [-0.05, 0) is 106 Å². The molecule has 0 bridgehead atoms. The van der Waals surface area contributed by atoms with Gasteiger partial charge in [-0.15, -0.1) is 0 Å². The Hall–Kier alpha value is -6.14. The average Bonchev–Trinajstić information content (AvgIpc) is 3.64. The van der Waals surface area contributed by atoms with Crippen LogP contribution >= 0.6 is 0 Å². The number of rotatable bonds is 2. The van der Waals surface area contributed by atoms with E-state index in [1.54, 1.807) is 24.3 Å². The summed E-state index contributed by atoms with van der Waals surface area (Å²) in [6.45, 7) is 0. The first kappa shape index (κ1) is 25.2. The Balaban J connectivity index is 1.05. The van der Waals surface area contributed by atoms with E-state index in [4.69, 9.17) is 0 Å². The second kappa shape index (κ2) is 8.73. The third kappa shape index (κ3) is 3.15. The average molecular weight is 595 g/mol. The minimum Gasteiger partial charge on any atom is -0.268 e. The van der Waals surface area contributed by atoms with Crippen LogP contribution in [0.1, 0.15) is 63.7 Å². The molecule has 6 aromatic carbocycles. The van der Waals surface area contributed by atoms with Crippen LogP contribution in [-0.4, -0.2) is 23.6 Å². The molecule has 0 saturated heterocycles. The van der Waals surface area contributed by atoms with E-state index in [0.717, 1.165) is 35.1 Å². The molecule has 2 aliphatic carbocycles. The van der Waals surface area contributed by atoms with Gasteiger partial charge >= 0.3 is 0 Å². The number of carbonyl (C=O) groups is 4. The Morgan fingerprint density at radius 1 is 0.348 bits per heavy atom. The molecule has 4 amide bonds. The van der Waals surface area contributed by atoms with Gasteiger partial charge in [-0.25, -0.2) is 9.80 Å². The summed E-state index contributed by atoms with van der Waals surface area (Å²) < 4.78 is 0. The molecule has 0 unspecified atom stereocenters. The van der Waals surface area contributed by atoms with Gasteiger partial charge in [0.25, 0.3) is 23.6 Å². The first-order chi connectivity index (χ1) is 22.5. The van der Waals surface area contributed by atoms with E-state index in [0.29, 0.717) is 44.4 Å². The van der Waals surface area contributed by atoms with Crippen LogP contribution in [0.3, 0.4) is 0 Å². The van der Waals surface area contributed by atoms with Crippen molar-refractivity contribution in [3.05, 3.63) is 154 Å². The predicted molar refractivity (Wildman–Crippen MR) is 176 cm³/mol. The van der Waals surface area contributed by atoms with Gasteiger partial charge in [0.05, 0.1) is 11.4 Å². The lowest BCUT2D eigenvalue weighted by Gasteiger charge is -2.32. The van der Waals surface area contributed by atoms with Crippen molar-refractivity contribution in [1.82, 2.24) is 0 Å². The summed E-state index contributed by atoms with van der Waals surface area (Å²) in [7, 11) is 0. The van der Waals surface area contributed by atoms with Crippen LogP contribution in [0.25, 0.3) is 33.0 Å². The molecule has 0 radical (unpaired) electrons. The molecule has 0 N–H and O–H groups in total. The van der Waals surface area contributed by atoms with Crippen LogP contribution in [-0.2, 0) is 12.8 Å². The smallest absolute Gasteiger partial charge is 0.265 e. The van der Waals surface area contributed by atoms with Crippen LogP contribution in [0.4, 0.5) is 11.4 Å². The summed E-state index contributed by atoms with van der Waals surface area (Å²) in [4.78, 5) is 58.6. The Morgan fingerprint density at radius 3 is 1.07 bits per heavy atom. The first-order valence-corrected chi connectivity index (χ1v) is 15.3. The summed E-state index contributed by atoms with van der Waals surface area (Å²) in [5.41, 5.74) is 11.2. The maximum atomic E-state index is 14.0. The van der Waals surface area contributed by atoms with Gasteiger partial charge in [0.1, 0.15) is 0 Å². The van der Waals surface area contributed by atoms with Gasteiger partial charge in [0.2, 0.25) is 0 Å². The quantitative estimate of drug-likeness (QED) is 0.193. The van der Waals surface area contributed by atoms with Gasteiger partial charge in [-0.2, -0.15) is 0 Å². The third-order valence-electron chi connectivity index (χ3n) is 9.97. The third-order valence-corrected chi connectivity index (χ3v) is 9.97. The molecule has 2 heterocycles. The number of amides is 4. The number of nitrogens with zero attached hydrogens (tertiary/aromatic N) is 2. The van der Waals surface area contributed by atoms with E-state index in [1.165, 1.54) is 32.1 Å². The molecule has 6 nitrogen and oxygen atoms in total. The maximum Gasteiger partial charge on any atom is 0.265 e. The van der Waals surface area contributed by atoms with Crippen LogP contribution < -0.4 is 9.80 Å². The lowest BCUT2D eigenvalue weighted by atomic mass is 9.85. The molecule has 10 rings (SSSR count). The first-order valence-electron chi connectivity index (χ1n) is 15.3.